The first-order chi connectivity index (χ1) is 8.28. The Hall–Kier alpha value is -1.88. The van der Waals surface area contributed by atoms with Gasteiger partial charge >= 0.3 is 0 Å². The lowest BCUT2D eigenvalue weighted by molar-refractivity contribution is 0.578. The van der Waals surface area contributed by atoms with Gasteiger partial charge in [0.2, 0.25) is 0 Å². The van der Waals surface area contributed by atoms with Crippen molar-refractivity contribution in [3.63, 3.8) is 0 Å². The molecular weight excluding hydrogens is 234 g/mol. The molecule has 3 rings (SSSR count). The van der Waals surface area contributed by atoms with Gasteiger partial charge in [0.25, 0.3) is 0 Å². The summed E-state index contributed by atoms with van der Waals surface area (Å²) in [4.78, 5) is 10.9. The van der Waals surface area contributed by atoms with Crippen LogP contribution in [0.15, 0.2) is 28.9 Å². The SMILES string of the molecule is CCc1cc2c(N)nc(-c3ccco3)nc2s1. The summed E-state index contributed by atoms with van der Waals surface area (Å²) in [6, 6.07) is 5.70. The van der Waals surface area contributed by atoms with Crippen LogP contribution in [0.25, 0.3) is 21.8 Å². The predicted molar refractivity (Wildman–Crippen MR) is 68.9 cm³/mol. The van der Waals surface area contributed by atoms with Crippen molar-refractivity contribution in [2.75, 3.05) is 5.73 Å². The summed E-state index contributed by atoms with van der Waals surface area (Å²) in [6.07, 6.45) is 2.58. The number of aromatic nitrogens is 2. The molecule has 0 aromatic carbocycles. The lowest BCUT2D eigenvalue weighted by Crippen LogP contribution is -1.95. The van der Waals surface area contributed by atoms with Crippen molar-refractivity contribution in [1.82, 2.24) is 9.97 Å². The van der Waals surface area contributed by atoms with E-state index in [-0.39, 0.29) is 0 Å². The summed E-state index contributed by atoms with van der Waals surface area (Å²) >= 11 is 1.65. The first kappa shape index (κ1) is 10.3. The van der Waals surface area contributed by atoms with Crippen LogP contribution in [0.3, 0.4) is 0 Å². The Morgan fingerprint density at radius 2 is 2.29 bits per heavy atom. The molecule has 0 atom stereocenters. The molecule has 3 heterocycles. The molecule has 0 spiro atoms. The number of anilines is 1. The van der Waals surface area contributed by atoms with Crippen LogP contribution in [0.5, 0.6) is 0 Å². The minimum absolute atomic E-state index is 0.511. The van der Waals surface area contributed by atoms with Crippen molar-refractivity contribution in [3.05, 3.63) is 29.3 Å². The fourth-order valence-electron chi connectivity index (χ4n) is 1.68. The van der Waals surface area contributed by atoms with Gasteiger partial charge < -0.3 is 10.2 Å². The van der Waals surface area contributed by atoms with Crippen LogP contribution in [-0.2, 0) is 6.42 Å². The second kappa shape index (κ2) is 3.85. The Balaban J connectivity index is 2.23. The average Bonchev–Trinajstić information content (AvgIpc) is 2.97. The minimum Gasteiger partial charge on any atom is -0.461 e. The summed E-state index contributed by atoms with van der Waals surface area (Å²) in [5, 5.41) is 0.933. The monoisotopic (exact) mass is 245 g/mol. The second-order valence-corrected chi connectivity index (χ2v) is 4.81. The third kappa shape index (κ3) is 1.68. The van der Waals surface area contributed by atoms with Crippen LogP contribution in [0.1, 0.15) is 11.8 Å². The number of fused-ring (bicyclic) bond motifs is 1. The Morgan fingerprint density at radius 1 is 1.41 bits per heavy atom. The van der Waals surface area contributed by atoms with E-state index in [1.807, 2.05) is 12.1 Å². The number of nitrogens with zero attached hydrogens (tertiary/aromatic N) is 2. The summed E-state index contributed by atoms with van der Waals surface area (Å²) in [5.74, 6) is 1.70. The largest absolute Gasteiger partial charge is 0.461 e. The maximum Gasteiger partial charge on any atom is 0.199 e. The van der Waals surface area contributed by atoms with Gasteiger partial charge in [-0.05, 0) is 24.6 Å². The summed E-state index contributed by atoms with van der Waals surface area (Å²) < 4.78 is 5.28. The van der Waals surface area contributed by atoms with Gasteiger partial charge in [-0.25, -0.2) is 9.97 Å². The van der Waals surface area contributed by atoms with Crippen LogP contribution < -0.4 is 5.73 Å². The van der Waals surface area contributed by atoms with Gasteiger partial charge in [0.1, 0.15) is 10.6 Å². The van der Waals surface area contributed by atoms with Crippen LogP contribution in [-0.4, -0.2) is 9.97 Å². The molecule has 0 saturated heterocycles. The summed E-state index contributed by atoms with van der Waals surface area (Å²) in [6.45, 7) is 2.11. The normalized spacial score (nSPS) is 11.1. The van der Waals surface area contributed by atoms with E-state index in [9.17, 15) is 0 Å². The molecule has 0 radical (unpaired) electrons. The smallest absolute Gasteiger partial charge is 0.199 e. The highest BCUT2D eigenvalue weighted by Crippen LogP contribution is 2.30. The number of furan rings is 1. The molecule has 0 bridgehead atoms. The highest BCUT2D eigenvalue weighted by Gasteiger charge is 2.11. The highest BCUT2D eigenvalue weighted by molar-refractivity contribution is 7.18. The van der Waals surface area contributed by atoms with Crippen LogP contribution in [0.4, 0.5) is 5.82 Å². The maximum atomic E-state index is 5.95. The van der Waals surface area contributed by atoms with Crippen LogP contribution >= 0.6 is 11.3 Å². The molecule has 0 fully saturated rings. The van der Waals surface area contributed by atoms with E-state index in [4.69, 9.17) is 10.2 Å². The third-order valence-electron chi connectivity index (χ3n) is 2.56. The highest BCUT2D eigenvalue weighted by atomic mass is 32.1. The lowest BCUT2D eigenvalue weighted by atomic mass is 10.3. The van der Waals surface area contributed by atoms with Gasteiger partial charge in [-0.15, -0.1) is 11.3 Å². The van der Waals surface area contributed by atoms with Gasteiger partial charge in [0, 0.05) is 4.88 Å². The number of nitrogen functional groups attached to an aromatic ring is 1. The Labute approximate surface area is 102 Å². The van der Waals surface area contributed by atoms with Crippen LogP contribution in [0, 0.1) is 0 Å². The number of hydrogen-bond acceptors (Lipinski definition) is 5. The molecule has 0 aliphatic carbocycles. The average molecular weight is 245 g/mol. The Bertz CT molecular complexity index is 658. The molecule has 17 heavy (non-hydrogen) atoms. The van der Waals surface area contributed by atoms with E-state index in [0.717, 1.165) is 16.6 Å². The van der Waals surface area contributed by atoms with E-state index in [1.54, 1.807) is 17.6 Å². The van der Waals surface area contributed by atoms with Crippen molar-refractivity contribution >= 4 is 27.4 Å². The molecule has 0 aliphatic rings. The number of thiophene rings is 1. The first-order valence-electron chi connectivity index (χ1n) is 5.37. The van der Waals surface area contributed by atoms with Crippen molar-refractivity contribution in [2.24, 2.45) is 0 Å². The molecule has 86 valence electrons. The van der Waals surface area contributed by atoms with E-state index in [2.05, 4.69) is 23.0 Å². The molecule has 4 nitrogen and oxygen atoms in total. The van der Waals surface area contributed by atoms with Gasteiger partial charge in [0.15, 0.2) is 11.6 Å². The standard InChI is InChI=1S/C12H11N3OS/c1-2-7-6-8-10(13)14-11(15-12(8)17-7)9-4-3-5-16-9/h3-6H,2H2,1H3,(H2,13,14,15). The van der Waals surface area contributed by atoms with E-state index in [1.165, 1.54) is 4.88 Å². The first-order valence-corrected chi connectivity index (χ1v) is 6.19. The molecule has 0 saturated carbocycles. The van der Waals surface area contributed by atoms with E-state index >= 15 is 0 Å². The maximum absolute atomic E-state index is 5.95. The van der Waals surface area contributed by atoms with Gasteiger partial charge in [-0.2, -0.15) is 0 Å². The summed E-state index contributed by atoms with van der Waals surface area (Å²) in [5.41, 5.74) is 5.95. The van der Waals surface area contributed by atoms with Gasteiger partial charge in [0.05, 0.1) is 11.6 Å². The van der Waals surface area contributed by atoms with Gasteiger partial charge in [-0.1, -0.05) is 6.92 Å². The molecule has 3 aromatic heterocycles. The number of nitrogens with two attached hydrogens (primary N) is 1. The third-order valence-corrected chi connectivity index (χ3v) is 3.74. The van der Waals surface area contributed by atoms with Crippen molar-refractivity contribution in [2.45, 2.75) is 13.3 Å². The number of hydrogen-bond donors (Lipinski definition) is 1. The lowest BCUT2D eigenvalue weighted by Gasteiger charge is -1.98. The molecular formula is C12H11N3OS. The quantitative estimate of drug-likeness (QED) is 0.753. The second-order valence-electron chi connectivity index (χ2n) is 3.69. The number of aryl methyl sites for hydroxylation is 1. The Kier molecular flexibility index (Phi) is 2.33. The topological polar surface area (TPSA) is 64.9 Å². The zero-order chi connectivity index (χ0) is 11.8. The van der Waals surface area contributed by atoms with Gasteiger partial charge in [-0.3, -0.25) is 0 Å². The molecule has 3 aromatic rings. The zero-order valence-electron chi connectivity index (χ0n) is 9.30. The van der Waals surface area contributed by atoms with Crippen molar-refractivity contribution in [1.29, 1.82) is 0 Å². The molecule has 0 aliphatic heterocycles. The zero-order valence-corrected chi connectivity index (χ0v) is 10.1. The number of rotatable bonds is 2. The minimum atomic E-state index is 0.511. The fourth-order valence-corrected chi connectivity index (χ4v) is 2.66. The molecule has 0 amide bonds. The molecule has 0 unspecified atom stereocenters. The van der Waals surface area contributed by atoms with E-state index in [0.29, 0.717) is 17.4 Å². The van der Waals surface area contributed by atoms with Crippen LogP contribution in [0.2, 0.25) is 0 Å². The van der Waals surface area contributed by atoms with Crippen molar-refractivity contribution in [3.8, 4) is 11.6 Å². The predicted octanol–water partition coefficient (Wildman–Crippen LogP) is 3.10. The van der Waals surface area contributed by atoms with Crippen molar-refractivity contribution < 1.29 is 4.42 Å². The Morgan fingerprint density at radius 3 is 3.00 bits per heavy atom. The van der Waals surface area contributed by atoms with E-state index < -0.39 is 0 Å². The summed E-state index contributed by atoms with van der Waals surface area (Å²) in [7, 11) is 0. The molecule has 5 heteroatoms. The fraction of sp³-hybridized carbons (Fsp3) is 0.167. The molecule has 2 N–H and O–H groups in total.